The number of fused-ring (bicyclic) bond motifs is 1. The average molecular weight is 336 g/mol. The van der Waals surface area contributed by atoms with Crippen LogP contribution in [0.4, 0.5) is 0 Å². The van der Waals surface area contributed by atoms with E-state index in [4.69, 9.17) is 14.7 Å². The number of nitriles is 1. The van der Waals surface area contributed by atoms with E-state index in [1.165, 1.54) is 6.20 Å². The van der Waals surface area contributed by atoms with Crippen LogP contribution in [0, 0.1) is 11.3 Å². The minimum Gasteiger partial charge on any atom is -0.454 e. The lowest BCUT2D eigenvalue weighted by Gasteiger charge is -2.06. The molecule has 2 aromatic rings. The molecule has 2 N–H and O–H groups in total. The second-order valence-electron chi connectivity index (χ2n) is 5.28. The predicted molar refractivity (Wildman–Crippen MR) is 89.2 cm³/mol. The molecular formula is C18H16N4O3. The summed E-state index contributed by atoms with van der Waals surface area (Å²) in [4.78, 5) is 16.0. The molecule has 1 aliphatic rings. The Morgan fingerprint density at radius 3 is 2.76 bits per heavy atom. The highest BCUT2D eigenvalue weighted by Gasteiger charge is 2.14. The lowest BCUT2D eigenvalue weighted by molar-refractivity contribution is -0.117. The summed E-state index contributed by atoms with van der Waals surface area (Å²) in [5, 5.41) is 14.8. The molecule has 0 saturated carbocycles. The van der Waals surface area contributed by atoms with Crippen molar-refractivity contribution in [1.29, 1.82) is 5.26 Å². The Kier molecular flexibility index (Phi) is 5.12. The fourth-order valence-corrected chi connectivity index (χ4v) is 2.25. The largest absolute Gasteiger partial charge is 0.454 e. The van der Waals surface area contributed by atoms with Gasteiger partial charge in [-0.3, -0.25) is 9.78 Å². The first-order valence-electron chi connectivity index (χ1n) is 7.65. The van der Waals surface area contributed by atoms with Gasteiger partial charge in [-0.05, 0) is 35.4 Å². The summed E-state index contributed by atoms with van der Waals surface area (Å²) in [6, 6.07) is 11.0. The standard InChI is InChI=1S/C18H16N4O3/c19-8-15(11-21-9-13-3-5-20-6-4-13)18(23)22-10-14-1-2-16-17(7-14)25-12-24-16/h1-7,11,21H,9-10,12H2,(H,22,23)/b15-11-. The molecule has 3 rings (SSSR count). The Morgan fingerprint density at radius 1 is 1.16 bits per heavy atom. The third-order valence-electron chi connectivity index (χ3n) is 3.56. The molecule has 0 saturated heterocycles. The van der Waals surface area contributed by atoms with Gasteiger partial charge in [0.2, 0.25) is 6.79 Å². The van der Waals surface area contributed by atoms with Crippen LogP contribution in [0.15, 0.2) is 54.5 Å². The molecule has 0 aliphatic carbocycles. The Hall–Kier alpha value is -3.53. The van der Waals surface area contributed by atoms with Crippen molar-refractivity contribution in [1.82, 2.24) is 15.6 Å². The van der Waals surface area contributed by atoms with Gasteiger partial charge in [0.15, 0.2) is 11.5 Å². The second-order valence-corrected chi connectivity index (χ2v) is 5.28. The van der Waals surface area contributed by atoms with Crippen LogP contribution in [-0.4, -0.2) is 17.7 Å². The predicted octanol–water partition coefficient (Wildman–Crippen LogP) is 1.62. The van der Waals surface area contributed by atoms with E-state index < -0.39 is 5.91 Å². The molecule has 7 nitrogen and oxygen atoms in total. The number of rotatable bonds is 6. The quantitative estimate of drug-likeness (QED) is 0.615. The van der Waals surface area contributed by atoms with E-state index >= 15 is 0 Å². The van der Waals surface area contributed by atoms with Crippen LogP contribution in [0.5, 0.6) is 11.5 Å². The zero-order valence-corrected chi connectivity index (χ0v) is 13.4. The number of hydrogen-bond acceptors (Lipinski definition) is 6. The van der Waals surface area contributed by atoms with Gasteiger partial charge in [0, 0.05) is 31.7 Å². The second kappa shape index (κ2) is 7.84. The van der Waals surface area contributed by atoms with E-state index in [2.05, 4.69) is 15.6 Å². The summed E-state index contributed by atoms with van der Waals surface area (Å²) in [5.41, 5.74) is 1.87. The zero-order chi connectivity index (χ0) is 17.5. The number of aromatic nitrogens is 1. The first kappa shape index (κ1) is 16.3. The number of benzene rings is 1. The summed E-state index contributed by atoms with van der Waals surface area (Å²) in [5.74, 6) is 0.900. The minimum atomic E-state index is -0.442. The van der Waals surface area contributed by atoms with E-state index in [0.717, 1.165) is 11.1 Å². The first-order valence-corrected chi connectivity index (χ1v) is 7.65. The molecular weight excluding hydrogens is 320 g/mol. The van der Waals surface area contributed by atoms with E-state index in [-0.39, 0.29) is 12.4 Å². The van der Waals surface area contributed by atoms with Crippen molar-refractivity contribution in [3.8, 4) is 17.6 Å². The van der Waals surface area contributed by atoms with Crippen LogP contribution in [0.3, 0.4) is 0 Å². The summed E-state index contributed by atoms with van der Waals surface area (Å²) in [6.45, 7) is 0.998. The van der Waals surface area contributed by atoms with E-state index in [1.807, 2.05) is 24.3 Å². The van der Waals surface area contributed by atoms with Gasteiger partial charge in [0.05, 0.1) is 0 Å². The highest BCUT2D eigenvalue weighted by molar-refractivity contribution is 5.97. The van der Waals surface area contributed by atoms with Gasteiger partial charge in [0.1, 0.15) is 11.6 Å². The van der Waals surface area contributed by atoms with Gasteiger partial charge in [0.25, 0.3) is 5.91 Å². The molecule has 1 amide bonds. The Bertz CT molecular complexity index is 828. The van der Waals surface area contributed by atoms with Crippen LogP contribution in [-0.2, 0) is 17.9 Å². The first-order chi connectivity index (χ1) is 12.3. The number of nitrogens with one attached hydrogen (secondary N) is 2. The van der Waals surface area contributed by atoms with Crippen LogP contribution in [0.1, 0.15) is 11.1 Å². The average Bonchev–Trinajstić information content (AvgIpc) is 3.12. The fourth-order valence-electron chi connectivity index (χ4n) is 2.25. The van der Waals surface area contributed by atoms with Gasteiger partial charge >= 0.3 is 0 Å². The molecule has 0 radical (unpaired) electrons. The lowest BCUT2D eigenvalue weighted by atomic mass is 10.2. The Morgan fingerprint density at radius 2 is 1.96 bits per heavy atom. The highest BCUT2D eigenvalue weighted by Crippen LogP contribution is 2.32. The molecule has 0 bridgehead atoms. The lowest BCUT2D eigenvalue weighted by Crippen LogP contribution is -2.25. The summed E-state index contributed by atoms with van der Waals surface area (Å²) in [7, 11) is 0. The highest BCUT2D eigenvalue weighted by atomic mass is 16.7. The number of ether oxygens (including phenoxy) is 2. The van der Waals surface area contributed by atoms with Crippen molar-refractivity contribution in [3.63, 3.8) is 0 Å². The molecule has 7 heteroatoms. The van der Waals surface area contributed by atoms with Gasteiger partial charge in [-0.1, -0.05) is 6.07 Å². The van der Waals surface area contributed by atoms with E-state index in [1.54, 1.807) is 24.5 Å². The van der Waals surface area contributed by atoms with Crippen LogP contribution < -0.4 is 20.1 Å². The molecule has 1 aromatic carbocycles. The van der Waals surface area contributed by atoms with Crippen molar-refractivity contribution in [2.24, 2.45) is 0 Å². The molecule has 0 atom stereocenters. The zero-order valence-electron chi connectivity index (χ0n) is 13.4. The van der Waals surface area contributed by atoms with Crippen molar-refractivity contribution < 1.29 is 14.3 Å². The number of pyridine rings is 1. The van der Waals surface area contributed by atoms with Crippen LogP contribution >= 0.6 is 0 Å². The topological polar surface area (TPSA) is 96.3 Å². The number of carbonyl (C=O) groups is 1. The molecule has 0 spiro atoms. The van der Waals surface area contributed by atoms with Crippen molar-refractivity contribution >= 4 is 5.91 Å². The van der Waals surface area contributed by atoms with Gasteiger partial charge in [-0.25, -0.2) is 0 Å². The Labute approximate surface area is 144 Å². The molecule has 126 valence electrons. The third-order valence-corrected chi connectivity index (χ3v) is 3.56. The number of hydrogen-bond donors (Lipinski definition) is 2. The maximum Gasteiger partial charge on any atom is 0.263 e. The molecule has 2 heterocycles. The molecule has 1 aliphatic heterocycles. The fraction of sp³-hybridized carbons (Fsp3) is 0.167. The van der Waals surface area contributed by atoms with Crippen molar-refractivity contribution in [2.75, 3.05) is 6.79 Å². The van der Waals surface area contributed by atoms with E-state index in [0.29, 0.717) is 24.6 Å². The number of nitrogens with zero attached hydrogens (tertiary/aromatic N) is 2. The maximum atomic E-state index is 12.1. The molecule has 25 heavy (non-hydrogen) atoms. The summed E-state index contributed by atoms with van der Waals surface area (Å²) in [6.07, 6.45) is 4.78. The minimum absolute atomic E-state index is 0.00907. The SMILES string of the molecule is N#C/C(=C/NCc1ccncc1)C(=O)NCc1ccc2c(c1)OCO2. The van der Waals surface area contributed by atoms with Gasteiger partial charge in [-0.15, -0.1) is 0 Å². The van der Waals surface area contributed by atoms with Gasteiger partial charge in [-0.2, -0.15) is 5.26 Å². The summed E-state index contributed by atoms with van der Waals surface area (Å²) >= 11 is 0. The summed E-state index contributed by atoms with van der Waals surface area (Å²) < 4.78 is 10.5. The normalized spacial score (nSPS) is 12.4. The van der Waals surface area contributed by atoms with Gasteiger partial charge < -0.3 is 20.1 Å². The van der Waals surface area contributed by atoms with Crippen molar-refractivity contribution in [2.45, 2.75) is 13.1 Å². The smallest absolute Gasteiger partial charge is 0.263 e. The van der Waals surface area contributed by atoms with Crippen molar-refractivity contribution in [3.05, 3.63) is 65.6 Å². The van der Waals surface area contributed by atoms with Crippen LogP contribution in [0.2, 0.25) is 0 Å². The molecule has 0 fully saturated rings. The monoisotopic (exact) mass is 336 g/mol. The number of amides is 1. The third kappa shape index (κ3) is 4.26. The van der Waals surface area contributed by atoms with E-state index in [9.17, 15) is 4.79 Å². The Balaban J connectivity index is 1.53. The maximum absolute atomic E-state index is 12.1. The number of carbonyl (C=O) groups excluding carboxylic acids is 1. The molecule has 1 aromatic heterocycles. The molecule has 0 unspecified atom stereocenters. The van der Waals surface area contributed by atoms with Crippen LogP contribution in [0.25, 0.3) is 0 Å².